The Morgan fingerprint density at radius 3 is 1.39 bits per heavy atom. The molecule has 0 radical (unpaired) electrons. The Balaban J connectivity index is 3.76. The van der Waals surface area contributed by atoms with Crippen molar-refractivity contribution in [1.29, 1.82) is 0 Å². The standard InChI is InChI=1S/C26H52O5/c1-3-5-6-7-8-9-10-11-12-13-14-15-16-17-18-19-20-23(22(4-2)26(30)31)25(29)24(28)21-27/h22-25,27-29H,3-21H2,1-2H3,(H,30,31)/t22-,23-,24-,25-/m0/s1. The van der Waals surface area contributed by atoms with E-state index < -0.39 is 36.6 Å². The van der Waals surface area contributed by atoms with Gasteiger partial charge in [0.05, 0.1) is 18.6 Å². The third kappa shape index (κ3) is 15.7. The van der Waals surface area contributed by atoms with Crippen molar-refractivity contribution in [2.24, 2.45) is 11.8 Å². The minimum Gasteiger partial charge on any atom is -0.481 e. The van der Waals surface area contributed by atoms with Crippen molar-refractivity contribution in [3.8, 4) is 0 Å². The molecule has 0 amide bonds. The number of hydrogen-bond donors (Lipinski definition) is 4. The van der Waals surface area contributed by atoms with Gasteiger partial charge in [0, 0.05) is 5.92 Å². The normalized spacial score (nSPS) is 15.5. The lowest BCUT2D eigenvalue weighted by molar-refractivity contribution is -0.148. The van der Waals surface area contributed by atoms with Crippen LogP contribution in [0.2, 0.25) is 0 Å². The van der Waals surface area contributed by atoms with E-state index in [9.17, 15) is 20.1 Å². The molecule has 0 rings (SSSR count). The molecule has 0 aromatic rings. The molecular formula is C26H52O5. The summed E-state index contributed by atoms with van der Waals surface area (Å²) in [4.78, 5) is 11.5. The Bertz CT molecular complexity index is 401. The highest BCUT2D eigenvalue weighted by Crippen LogP contribution is 2.28. The lowest BCUT2D eigenvalue weighted by Gasteiger charge is -2.30. The lowest BCUT2D eigenvalue weighted by Crippen LogP contribution is -2.41. The molecule has 0 saturated heterocycles. The van der Waals surface area contributed by atoms with Gasteiger partial charge in [0.2, 0.25) is 0 Å². The fraction of sp³-hybridized carbons (Fsp3) is 0.962. The second kappa shape index (κ2) is 21.2. The summed E-state index contributed by atoms with van der Waals surface area (Å²) in [5.74, 6) is -2.14. The SMILES string of the molecule is CCCCCCCCCCCCCCCCCC[C@H]([C@H](O)[C@@H](O)CO)[C@H](CC)C(=O)O. The van der Waals surface area contributed by atoms with E-state index in [0.717, 1.165) is 19.3 Å². The smallest absolute Gasteiger partial charge is 0.306 e. The van der Waals surface area contributed by atoms with Crippen LogP contribution in [0.15, 0.2) is 0 Å². The summed E-state index contributed by atoms with van der Waals surface area (Å²) in [6, 6.07) is 0. The second-order valence-electron chi connectivity index (χ2n) is 9.35. The van der Waals surface area contributed by atoms with Gasteiger partial charge in [-0.15, -0.1) is 0 Å². The van der Waals surface area contributed by atoms with Gasteiger partial charge in [-0.1, -0.05) is 117 Å². The summed E-state index contributed by atoms with van der Waals surface area (Å²) >= 11 is 0. The molecule has 0 aliphatic heterocycles. The molecule has 0 spiro atoms. The third-order valence-corrected chi connectivity index (χ3v) is 6.68. The number of aliphatic carboxylic acids is 1. The van der Waals surface area contributed by atoms with Gasteiger partial charge >= 0.3 is 5.97 Å². The highest BCUT2D eigenvalue weighted by molar-refractivity contribution is 5.70. The largest absolute Gasteiger partial charge is 0.481 e. The van der Waals surface area contributed by atoms with E-state index in [1.807, 2.05) is 0 Å². The average molecular weight is 445 g/mol. The van der Waals surface area contributed by atoms with Crippen LogP contribution < -0.4 is 0 Å². The summed E-state index contributed by atoms with van der Waals surface area (Å²) in [5.41, 5.74) is 0. The van der Waals surface area contributed by atoms with Crippen LogP contribution in [0.1, 0.15) is 129 Å². The number of aliphatic hydroxyl groups excluding tert-OH is 3. The third-order valence-electron chi connectivity index (χ3n) is 6.68. The molecule has 5 nitrogen and oxygen atoms in total. The Morgan fingerprint density at radius 1 is 0.677 bits per heavy atom. The van der Waals surface area contributed by atoms with Crippen LogP contribution in [-0.2, 0) is 4.79 Å². The van der Waals surface area contributed by atoms with Crippen molar-refractivity contribution in [3.05, 3.63) is 0 Å². The van der Waals surface area contributed by atoms with Gasteiger partial charge in [-0.3, -0.25) is 4.79 Å². The molecule has 0 saturated carbocycles. The van der Waals surface area contributed by atoms with Crippen molar-refractivity contribution in [2.45, 2.75) is 142 Å². The Morgan fingerprint density at radius 2 is 1.06 bits per heavy atom. The molecule has 0 aromatic carbocycles. The van der Waals surface area contributed by atoms with Crippen LogP contribution in [0.25, 0.3) is 0 Å². The first-order valence-corrected chi connectivity index (χ1v) is 13.2. The van der Waals surface area contributed by atoms with Gasteiger partial charge in [0.25, 0.3) is 0 Å². The van der Waals surface area contributed by atoms with Gasteiger partial charge in [-0.25, -0.2) is 0 Å². The molecule has 186 valence electrons. The number of unbranched alkanes of at least 4 members (excludes halogenated alkanes) is 15. The van der Waals surface area contributed by atoms with Crippen LogP contribution >= 0.6 is 0 Å². The minimum absolute atomic E-state index is 0.411. The van der Waals surface area contributed by atoms with Crippen LogP contribution in [0.3, 0.4) is 0 Å². The van der Waals surface area contributed by atoms with Gasteiger partial charge < -0.3 is 20.4 Å². The molecule has 5 heteroatoms. The highest BCUT2D eigenvalue weighted by atomic mass is 16.4. The average Bonchev–Trinajstić information content (AvgIpc) is 2.76. The first-order valence-electron chi connectivity index (χ1n) is 13.2. The molecule has 4 N–H and O–H groups in total. The van der Waals surface area contributed by atoms with Gasteiger partial charge in [-0.05, 0) is 12.8 Å². The van der Waals surface area contributed by atoms with E-state index in [2.05, 4.69) is 6.92 Å². The summed E-state index contributed by atoms with van der Waals surface area (Å²) in [5, 5.41) is 38.6. The monoisotopic (exact) mass is 444 g/mol. The van der Waals surface area contributed by atoms with Crippen molar-refractivity contribution in [2.75, 3.05) is 6.61 Å². The van der Waals surface area contributed by atoms with Crippen LogP contribution in [0.5, 0.6) is 0 Å². The van der Waals surface area contributed by atoms with E-state index in [4.69, 9.17) is 5.11 Å². The Kier molecular flexibility index (Phi) is 20.8. The maximum absolute atomic E-state index is 11.5. The van der Waals surface area contributed by atoms with Crippen molar-refractivity contribution < 1.29 is 25.2 Å². The maximum Gasteiger partial charge on any atom is 0.306 e. The first kappa shape index (κ1) is 30.4. The second-order valence-corrected chi connectivity index (χ2v) is 9.35. The fourth-order valence-corrected chi connectivity index (χ4v) is 4.59. The zero-order valence-corrected chi connectivity index (χ0v) is 20.4. The molecular weight excluding hydrogens is 392 g/mol. The molecule has 0 heterocycles. The van der Waals surface area contributed by atoms with Gasteiger partial charge in [0.1, 0.15) is 6.10 Å². The molecule has 0 unspecified atom stereocenters. The zero-order valence-electron chi connectivity index (χ0n) is 20.4. The number of hydrogen-bond acceptors (Lipinski definition) is 4. The lowest BCUT2D eigenvalue weighted by atomic mass is 9.80. The number of aliphatic hydroxyl groups is 3. The number of rotatable bonds is 23. The zero-order chi connectivity index (χ0) is 23.3. The fourth-order valence-electron chi connectivity index (χ4n) is 4.59. The van der Waals surface area contributed by atoms with E-state index in [1.54, 1.807) is 6.92 Å². The van der Waals surface area contributed by atoms with Gasteiger partial charge in [0.15, 0.2) is 0 Å². The molecule has 0 fully saturated rings. The summed E-state index contributed by atoms with van der Waals surface area (Å²) < 4.78 is 0. The molecule has 0 aromatic heterocycles. The molecule has 31 heavy (non-hydrogen) atoms. The predicted octanol–water partition coefficient (Wildman–Crippen LogP) is 6.08. The summed E-state index contributed by atoms with van der Waals surface area (Å²) in [6.07, 6.45) is 19.1. The summed E-state index contributed by atoms with van der Waals surface area (Å²) in [6.45, 7) is 3.50. The Labute approximate surface area is 191 Å². The number of carbonyl (C=O) groups is 1. The van der Waals surface area contributed by atoms with E-state index in [-0.39, 0.29) is 0 Å². The highest BCUT2D eigenvalue weighted by Gasteiger charge is 2.35. The maximum atomic E-state index is 11.5. The van der Waals surface area contributed by atoms with Crippen molar-refractivity contribution in [3.63, 3.8) is 0 Å². The van der Waals surface area contributed by atoms with E-state index in [0.29, 0.717) is 12.8 Å². The van der Waals surface area contributed by atoms with Gasteiger partial charge in [-0.2, -0.15) is 0 Å². The topological polar surface area (TPSA) is 98.0 Å². The van der Waals surface area contributed by atoms with E-state index in [1.165, 1.54) is 83.5 Å². The molecule has 0 bridgehead atoms. The Hall–Kier alpha value is -0.650. The van der Waals surface area contributed by atoms with E-state index >= 15 is 0 Å². The quantitative estimate of drug-likeness (QED) is 0.143. The minimum atomic E-state index is -1.28. The predicted molar refractivity (Wildman–Crippen MR) is 128 cm³/mol. The van der Waals surface area contributed by atoms with Crippen LogP contribution in [0.4, 0.5) is 0 Å². The number of carboxylic acids is 1. The van der Waals surface area contributed by atoms with Crippen LogP contribution in [-0.4, -0.2) is 45.2 Å². The first-order chi connectivity index (χ1) is 15.0. The number of carboxylic acid groups (broad SMARTS) is 1. The van der Waals surface area contributed by atoms with Crippen LogP contribution in [0, 0.1) is 11.8 Å². The van der Waals surface area contributed by atoms with Crippen molar-refractivity contribution in [1.82, 2.24) is 0 Å². The van der Waals surface area contributed by atoms with Crippen molar-refractivity contribution >= 4 is 5.97 Å². The molecule has 0 aliphatic carbocycles. The molecule has 4 atom stereocenters. The molecule has 0 aliphatic rings. The summed E-state index contributed by atoms with van der Waals surface area (Å²) in [7, 11) is 0.